The number of hydrogen-bond donors (Lipinski definition) is 0. The minimum Gasteiger partial charge on any atom is -0.460 e. The maximum absolute atomic E-state index is 12.5. The highest BCUT2D eigenvalue weighted by molar-refractivity contribution is 8.01. The quantitative estimate of drug-likeness (QED) is 0.291. The first-order chi connectivity index (χ1) is 15.0. The second-order valence-corrected chi connectivity index (χ2v) is 10.2. The SMILES string of the molecule is CCOCCn1nc(-c2ccc(SC(C)(C)C(=O)OC(C)(C)C)cc2)nc1C(=O)OCC. The van der Waals surface area contributed by atoms with Gasteiger partial charge in [0.2, 0.25) is 5.82 Å². The number of rotatable bonds is 10. The summed E-state index contributed by atoms with van der Waals surface area (Å²) < 4.78 is 16.8. The topological polar surface area (TPSA) is 92.5 Å². The predicted molar refractivity (Wildman–Crippen MR) is 124 cm³/mol. The van der Waals surface area contributed by atoms with Gasteiger partial charge in [-0.25, -0.2) is 14.5 Å². The Labute approximate surface area is 194 Å². The van der Waals surface area contributed by atoms with E-state index in [4.69, 9.17) is 14.2 Å². The molecule has 0 aliphatic rings. The van der Waals surface area contributed by atoms with Crippen molar-refractivity contribution in [2.45, 2.75) is 70.3 Å². The third-order valence-electron chi connectivity index (χ3n) is 4.16. The third-order valence-corrected chi connectivity index (χ3v) is 5.34. The van der Waals surface area contributed by atoms with Crippen molar-refractivity contribution in [3.63, 3.8) is 0 Å². The fourth-order valence-electron chi connectivity index (χ4n) is 2.67. The maximum atomic E-state index is 12.5. The molecular weight excluding hydrogens is 430 g/mol. The first kappa shape index (κ1) is 25.9. The van der Waals surface area contributed by atoms with E-state index in [-0.39, 0.29) is 18.4 Å². The molecule has 1 heterocycles. The summed E-state index contributed by atoms with van der Waals surface area (Å²) in [6.45, 7) is 14.5. The fourth-order valence-corrected chi connectivity index (χ4v) is 3.66. The van der Waals surface area contributed by atoms with Gasteiger partial charge in [0.05, 0.1) is 19.8 Å². The van der Waals surface area contributed by atoms with Gasteiger partial charge in [0, 0.05) is 17.1 Å². The molecule has 0 radical (unpaired) electrons. The van der Waals surface area contributed by atoms with Crippen LogP contribution in [-0.4, -0.2) is 56.9 Å². The van der Waals surface area contributed by atoms with Crippen LogP contribution in [0.15, 0.2) is 29.2 Å². The number of nitrogens with zero attached hydrogens (tertiary/aromatic N) is 3. The van der Waals surface area contributed by atoms with Crippen molar-refractivity contribution in [2.24, 2.45) is 0 Å². The van der Waals surface area contributed by atoms with Crippen LogP contribution in [0.1, 0.15) is 59.1 Å². The van der Waals surface area contributed by atoms with Crippen molar-refractivity contribution < 1.29 is 23.8 Å². The molecule has 0 spiro atoms. The molecule has 0 bridgehead atoms. The highest BCUT2D eigenvalue weighted by atomic mass is 32.2. The Balaban J connectivity index is 2.20. The Kier molecular flexibility index (Phi) is 8.86. The van der Waals surface area contributed by atoms with E-state index >= 15 is 0 Å². The number of esters is 2. The van der Waals surface area contributed by atoms with E-state index in [1.54, 1.807) is 6.92 Å². The zero-order valence-corrected chi connectivity index (χ0v) is 20.7. The van der Waals surface area contributed by atoms with E-state index in [0.29, 0.717) is 25.6 Å². The van der Waals surface area contributed by atoms with Gasteiger partial charge in [0.25, 0.3) is 0 Å². The standard InChI is InChI=1S/C23H33N3O5S/c1-8-29-15-14-26-19(20(27)30-9-2)24-18(25-26)16-10-12-17(13-11-16)32-23(6,7)21(28)31-22(3,4)5/h10-13H,8-9,14-15H2,1-7H3. The minimum absolute atomic E-state index is 0.145. The molecule has 0 N–H and O–H groups in total. The zero-order valence-electron chi connectivity index (χ0n) is 19.9. The van der Waals surface area contributed by atoms with Crippen LogP contribution >= 0.6 is 11.8 Å². The normalized spacial score (nSPS) is 12.0. The van der Waals surface area contributed by atoms with Gasteiger partial charge in [0.15, 0.2) is 5.82 Å². The first-order valence-corrected chi connectivity index (χ1v) is 11.5. The van der Waals surface area contributed by atoms with Gasteiger partial charge in [-0.15, -0.1) is 11.8 Å². The number of carbonyl (C=O) groups is 2. The fraction of sp³-hybridized carbons (Fsp3) is 0.565. The lowest BCUT2D eigenvalue weighted by molar-refractivity contribution is -0.156. The van der Waals surface area contributed by atoms with Gasteiger partial charge in [-0.05, 0) is 60.6 Å². The largest absolute Gasteiger partial charge is 0.460 e. The summed E-state index contributed by atoms with van der Waals surface area (Å²) in [6.07, 6.45) is 0. The molecule has 0 aliphatic carbocycles. The lowest BCUT2D eigenvalue weighted by atomic mass is 10.1. The van der Waals surface area contributed by atoms with Gasteiger partial charge >= 0.3 is 11.9 Å². The van der Waals surface area contributed by atoms with Crippen molar-refractivity contribution in [1.82, 2.24) is 14.8 Å². The van der Waals surface area contributed by atoms with Crippen LogP contribution < -0.4 is 0 Å². The third kappa shape index (κ3) is 7.34. The molecule has 1 aromatic heterocycles. The zero-order chi connectivity index (χ0) is 23.9. The number of aromatic nitrogens is 3. The molecule has 2 rings (SSSR count). The molecule has 0 aliphatic heterocycles. The molecule has 0 unspecified atom stereocenters. The van der Waals surface area contributed by atoms with Crippen LogP contribution in [0, 0.1) is 0 Å². The van der Waals surface area contributed by atoms with Crippen LogP contribution in [0.25, 0.3) is 11.4 Å². The van der Waals surface area contributed by atoms with Crippen molar-refractivity contribution in [3.05, 3.63) is 30.1 Å². The van der Waals surface area contributed by atoms with Gasteiger partial charge in [-0.1, -0.05) is 12.1 Å². The second kappa shape index (κ2) is 11.0. The predicted octanol–water partition coefficient (Wildman–Crippen LogP) is 4.37. The monoisotopic (exact) mass is 463 g/mol. The highest BCUT2D eigenvalue weighted by Gasteiger charge is 2.33. The van der Waals surface area contributed by atoms with Crippen molar-refractivity contribution in [1.29, 1.82) is 0 Å². The molecule has 1 aromatic carbocycles. The summed E-state index contributed by atoms with van der Waals surface area (Å²) in [4.78, 5) is 30.1. The Hall–Kier alpha value is -2.39. The van der Waals surface area contributed by atoms with Crippen molar-refractivity contribution in [3.8, 4) is 11.4 Å². The molecule has 9 heteroatoms. The number of ether oxygens (including phenoxy) is 3. The van der Waals surface area contributed by atoms with Gasteiger partial charge in [-0.2, -0.15) is 5.10 Å². The van der Waals surface area contributed by atoms with Crippen LogP contribution in [0.4, 0.5) is 0 Å². The number of carbonyl (C=O) groups excluding carboxylic acids is 2. The van der Waals surface area contributed by atoms with Crippen LogP contribution in [-0.2, 0) is 25.5 Å². The van der Waals surface area contributed by atoms with Crippen molar-refractivity contribution >= 4 is 23.7 Å². The first-order valence-electron chi connectivity index (χ1n) is 10.7. The molecule has 32 heavy (non-hydrogen) atoms. The smallest absolute Gasteiger partial charge is 0.376 e. The molecule has 0 saturated heterocycles. The van der Waals surface area contributed by atoms with E-state index in [2.05, 4.69) is 10.1 Å². The molecule has 8 nitrogen and oxygen atoms in total. The number of thioether (sulfide) groups is 1. The Morgan fingerprint density at radius 1 is 1.03 bits per heavy atom. The van der Waals surface area contributed by atoms with Crippen molar-refractivity contribution in [2.75, 3.05) is 19.8 Å². The maximum Gasteiger partial charge on any atom is 0.376 e. The lowest BCUT2D eigenvalue weighted by Crippen LogP contribution is -2.36. The van der Waals surface area contributed by atoms with Gasteiger partial charge in [-0.3, -0.25) is 4.79 Å². The molecular formula is C23H33N3O5S. The van der Waals surface area contributed by atoms with Gasteiger partial charge < -0.3 is 14.2 Å². The molecule has 2 aromatic rings. The summed E-state index contributed by atoms with van der Waals surface area (Å²) in [5, 5.41) is 4.47. The van der Waals surface area contributed by atoms with E-state index in [0.717, 1.165) is 10.5 Å². The Morgan fingerprint density at radius 3 is 2.25 bits per heavy atom. The molecule has 176 valence electrons. The van der Waals surface area contributed by atoms with Gasteiger partial charge in [0.1, 0.15) is 10.3 Å². The molecule has 0 atom stereocenters. The minimum atomic E-state index is -0.745. The van der Waals surface area contributed by atoms with E-state index in [1.165, 1.54) is 16.4 Å². The summed E-state index contributed by atoms with van der Waals surface area (Å²) in [7, 11) is 0. The van der Waals surface area contributed by atoms with Crippen LogP contribution in [0.3, 0.4) is 0 Å². The second-order valence-electron chi connectivity index (χ2n) is 8.54. The highest BCUT2D eigenvalue weighted by Crippen LogP contribution is 2.35. The summed E-state index contributed by atoms with van der Waals surface area (Å²) in [6, 6.07) is 7.53. The molecule has 0 fully saturated rings. The summed E-state index contributed by atoms with van der Waals surface area (Å²) in [5.41, 5.74) is 0.215. The Morgan fingerprint density at radius 2 is 1.69 bits per heavy atom. The Bertz CT molecular complexity index is 917. The van der Waals surface area contributed by atoms with E-state index < -0.39 is 16.3 Å². The average Bonchev–Trinajstić information content (AvgIpc) is 3.12. The molecule has 0 amide bonds. The number of hydrogen-bond acceptors (Lipinski definition) is 8. The van der Waals surface area contributed by atoms with Crippen LogP contribution in [0.5, 0.6) is 0 Å². The summed E-state index contributed by atoms with van der Waals surface area (Å²) in [5.74, 6) is -0.222. The summed E-state index contributed by atoms with van der Waals surface area (Å²) >= 11 is 1.42. The van der Waals surface area contributed by atoms with E-state index in [9.17, 15) is 9.59 Å². The number of benzene rings is 1. The molecule has 0 saturated carbocycles. The van der Waals surface area contributed by atoms with E-state index in [1.807, 2.05) is 65.8 Å². The van der Waals surface area contributed by atoms with Crippen LogP contribution in [0.2, 0.25) is 0 Å². The lowest BCUT2D eigenvalue weighted by Gasteiger charge is -2.28. The average molecular weight is 464 g/mol.